The van der Waals surface area contributed by atoms with Crippen LogP contribution in [0, 0.1) is 0 Å². The lowest BCUT2D eigenvalue weighted by Gasteiger charge is -2.18. The summed E-state index contributed by atoms with van der Waals surface area (Å²) < 4.78 is 10.3. The molecular formula is C14H25N3O2. The van der Waals surface area contributed by atoms with Gasteiger partial charge in [0.15, 0.2) is 0 Å². The first-order chi connectivity index (χ1) is 9.23. The number of unbranched alkanes of at least 4 members (excludes halogenated alkanes) is 1. The molecule has 19 heavy (non-hydrogen) atoms. The van der Waals surface area contributed by atoms with Gasteiger partial charge in [0.1, 0.15) is 0 Å². The van der Waals surface area contributed by atoms with Crippen molar-refractivity contribution in [1.82, 2.24) is 9.97 Å². The molecule has 5 heteroatoms. The van der Waals surface area contributed by atoms with E-state index in [0.29, 0.717) is 23.8 Å². The minimum absolute atomic E-state index is 0.404. The highest BCUT2D eigenvalue weighted by Gasteiger charge is 2.11. The van der Waals surface area contributed by atoms with Crippen LogP contribution < -0.4 is 14.8 Å². The summed E-state index contributed by atoms with van der Waals surface area (Å²) in [5.74, 6) is 1.60. The second-order valence-electron chi connectivity index (χ2n) is 4.55. The first-order valence-electron chi connectivity index (χ1n) is 6.97. The van der Waals surface area contributed by atoms with Gasteiger partial charge in [0.05, 0.1) is 20.3 Å². The van der Waals surface area contributed by atoms with Crippen LogP contribution in [0.1, 0.15) is 46.0 Å². The molecule has 0 aromatic carbocycles. The molecule has 108 valence electrons. The van der Waals surface area contributed by atoms with Crippen molar-refractivity contribution in [3.05, 3.63) is 6.07 Å². The van der Waals surface area contributed by atoms with Crippen molar-refractivity contribution >= 4 is 5.95 Å². The second-order valence-corrected chi connectivity index (χ2v) is 4.55. The van der Waals surface area contributed by atoms with Gasteiger partial charge in [-0.1, -0.05) is 33.1 Å². The second kappa shape index (κ2) is 8.56. The van der Waals surface area contributed by atoms with Crippen LogP contribution in [-0.2, 0) is 0 Å². The van der Waals surface area contributed by atoms with Gasteiger partial charge in [-0.25, -0.2) is 0 Å². The van der Waals surface area contributed by atoms with Crippen molar-refractivity contribution < 1.29 is 9.47 Å². The summed E-state index contributed by atoms with van der Waals surface area (Å²) in [6.07, 6.45) is 5.79. The molecule has 0 aliphatic heterocycles. The van der Waals surface area contributed by atoms with Crippen LogP contribution in [0.25, 0.3) is 0 Å². The maximum absolute atomic E-state index is 5.15. The van der Waals surface area contributed by atoms with Crippen molar-refractivity contribution in [2.45, 2.75) is 52.0 Å². The van der Waals surface area contributed by atoms with Crippen molar-refractivity contribution in [3.63, 3.8) is 0 Å². The first kappa shape index (κ1) is 15.5. The summed E-state index contributed by atoms with van der Waals surface area (Å²) >= 11 is 0. The standard InChI is InChI=1S/C14H25N3O2/c1-5-7-9-11(8-6-2)15-14-16-12(18-3)10-13(17-14)19-4/h10-11H,5-9H2,1-4H3,(H,15,16,17). The molecule has 0 saturated heterocycles. The molecule has 1 N–H and O–H groups in total. The summed E-state index contributed by atoms with van der Waals surface area (Å²) in [4.78, 5) is 8.61. The molecule has 0 amide bonds. The Labute approximate surface area is 115 Å². The van der Waals surface area contributed by atoms with Crippen LogP contribution in [-0.4, -0.2) is 30.2 Å². The molecule has 1 heterocycles. The van der Waals surface area contributed by atoms with E-state index < -0.39 is 0 Å². The molecule has 1 aromatic rings. The van der Waals surface area contributed by atoms with E-state index in [-0.39, 0.29) is 0 Å². The third-order valence-corrected chi connectivity index (χ3v) is 2.97. The van der Waals surface area contributed by atoms with Gasteiger partial charge in [-0.3, -0.25) is 0 Å². The molecule has 0 fully saturated rings. The molecule has 0 aliphatic rings. The van der Waals surface area contributed by atoms with Crippen LogP contribution in [0.5, 0.6) is 11.8 Å². The topological polar surface area (TPSA) is 56.3 Å². The minimum Gasteiger partial charge on any atom is -0.481 e. The maximum atomic E-state index is 5.15. The van der Waals surface area contributed by atoms with Crippen molar-refractivity contribution in [2.75, 3.05) is 19.5 Å². The third-order valence-electron chi connectivity index (χ3n) is 2.97. The van der Waals surface area contributed by atoms with Crippen LogP contribution >= 0.6 is 0 Å². The molecule has 5 nitrogen and oxygen atoms in total. The number of nitrogens with one attached hydrogen (secondary N) is 1. The molecule has 0 radical (unpaired) electrons. The lowest BCUT2D eigenvalue weighted by molar-refractivity contribution is 0.372. The highest BCUT2D eigenvalue weighted by molar-refractivity contribution is 5.34. The Kier molecular flexibility index (Phi) is 7.00. The van der Waals surface area contributed by atoms with E-state index in [1.807, 2.05) is 0 Å². The average molecular weight is 267 g/mol. The predicted octanol–water partition coefficient (Wildman–Crippen LogP) is 3.26. The van der Waals surface area contributed by atoms with Gasteiger partial charge >= 0.3 is 0 Å². The SMILES string of the molecule is CCCCC(CCC)Nc1nc(OC)cc(OC)n1. The smallest absolute Gasteiger partial charge is 0.229 e. The molecule has 1 aromatic heterocycles. The van der Waals surface area contributed by atoms with Gasteiger partial charge in [0.2, 0.25) is 17.7 Å². The zero-order valence-electron chi connectivity index (χ0n) is 12.4. The van der Waals surface area contributed by atoms with E-state index in [2.05, 4.69) is 29.1 Å². The van der Waals surface area contributed by atoms with Gasteiger partial charge in [0.25, 0.3) is 0 Å². The molecule has 1 rings (SSSR count). The van der Waals surface area contributed by atoms with Gasteiger partial charge < -0.3 is 14.8 Å². The Bertz CT molecular complexity index is 349. The fraction of sp³-hybridized carbons (Fsp3) is 0.714. The molecule has 0 spiro atoms. The number of rotatable bonds is 9. The predicted molar refractivity (Wildman–Crippen MR) is 77.0 cm³/mol. The lowest BCUT2D eigenvalue weighted by atomic mass is 10.1. The number of anilines is 1. The third kappa shape index (κ3) is 5.32. The number of methoxy groups -OCH3 is 2. The minimum atomic E-state index is 0.404. The Morgan fingerprint density at radius 2 is 1.68 bits per heavy atom. The number of hydrogen-bond donors (Lipinski definition) is 1. The highest BCUT2D eigenvalue weighted by atomic mass is 16.5. The molecule has 1 unspecified atom stereocenters. The van der Waals surface area contributed by atoms with Crippen molar-refractivity contribution in [2.24, 2.45) is 0 Å². The maximum Gasteiger partial charge on any atom is 0.229 e. The molecule has 0 bridgehead atoms. The van der Waals surface area contributed by atoms with Crippen molar-refractivity contribution in [3.8, 4) is 11.8 Å². The summed E-state index contributed by atoms with van der Waals surface area (Å²) in [6, 6.07) is 2.08. The summed E-state index contributed by atoms with van der Waals surface area (Å²) in [5, 5.41) is 3.38. The van der Waals surface area contributed by atoms with Crippen LogP contribution in [0.3, 0.4) is 0 Å². The number of nitrogens with zero attached hydrogens (tertiary/aromatic N) is 2. The number of hydrogen-bond acceptors (Lipinski definition) is 5. The van der Waals surface area contributed by atoms with Crippen LogP contribution in [0.4, 0.5) is 5.95 Å². The zero-order valence-corrected chi connectivity index (χ0v) is 12.4. The Balaban J connectivity index is 2.76. The monoisotopic (exact) mass is 267 g/mol. The normalized spacial score (nSPS) is 12.0. The fourth-order valence-electron chi connectivity index (χ4n) is 1.95. The quantitative estimate of drug-likeness (QED) is 0.744. The van der Waals surface area contributed by atoms with Gasteiger partial charge in [0, 0.05) is 6.04 Å². The highest BCUT2D eigenvalue weighted by Crippen LogP contribution is 2.19. The molecular weight excluding hydrogens is 242 g/mol. The van der Waals surface area contributed by atoms with E-state index in [9.17, 15) is 0 Å². The Morgan fingerprint density at radius 1 is 1.05 bits per heavy atom. The Hall–Kier alpha value is -1.52. The first-order valence-corrected chi connectivity index (χ1v) is 6.97. The zero-order chi connectivity index (χ0) is 14.1. The van der Waals surface area contributed by atoms with E-state index in [0.717, 1.165) is 19.3 Å². The largest absolute Gasteiger partial charge is 0.481 e. The van der Waals surface area contributed by atoms with Gasteiger partial charge in [-0.05, 0) is 12.8 Å². The summed E-state index contributed by atoms with van der Waals surface area (Å²) in [7, 11) is 3.18. The van der Waals surface area contributed by atoms with Gasteiger partial charge in [-0.15, -0.1) is 0 Å². The summed E-state index contributed by atoms with van der Waals surface area (Å²) in [5.41, 5.74) is 0. The lowest BCUT2D eigenvalue weighted by Crippen LogP contribution is -2.21. The van der Waals surface area contributed by atoms with E-state index in [1.54, 1.807) is 20.3 Å². The van der Waals surface area contributed by atoms with Crippen molar-refractivity contribution in [1.29, 1.82) is 0 Å². The molecule has 0 aliphatic carbocycles. The average Bonchev–Trinajstić information content (AvgIpc) is 2.44. The number of ether oxygens (including phenoxy) is 2. The van der Waals surface area contributed by atoms with E-state index in [4.69, 9.17) is 9.47 Å². The molecule has 0 saturated carbocycles. The molecule has 1 atom stereocenters. The Morgan fingerprint density at radius 3 is 2.16 bits per heavy atom. The van der Waals surface area contributed by atoms with Crippen LogP contribution in [0.15, 0.2) is 6.07 Å². The fourth-order valence-corrected chi connectivity index (χ4v) is 1.95. The van der Waals surface area contributed by atoms with Crippen LogP contribution in [0.2, 0.25) is 0 Å². The van der Waals surface area contributed by atoms with E-state index >= 15 is 0 Å². The number of aromatic nitrogens is 2. The van der Waals surface area contributed by atoms with Gasteiger partial charge in [-0.2, -0.15) is 9.97 Å². The van der Waals surface area contributed by atoms with E-state index in [1.165, 1.54) is 12.8 Å². The summed E-state index contributed by atoms with van der Waals surface area (Å²) in [6.45, 7) is 4.39.